The predicted molar refractivity (Wildman–Crippen MR) is 116 cm³/mol. The van der Waals surface area contributed by atoms with E-state index in [2.05, 4.69) is 43.2 Å². The van der Waals surface area contributed by atoms with E-state index in [1.54, 1.807) is 0 Å². The Morgan fingerprint density at radius 2 is 1.85 bits per heavy atom. The van der Waals surface area contributed by atoms with E-state index in [1.165, 1.54) is 12.1 Å². The number of ether oxygens (including phenoxy) is 1. The lowest BCUT2D eigenvalue weighted by atomic mass is 10.0. The van der Waals surface area contributed by atoms with Crippen LogP contribution in [0.25, 0.3) is 0 Å². The van der Waals surface area contributed by atoms with Gasteiger partial charge in [-0.2, -0.15) is 0 Å². The maximum atomic E-state index is 13.3. The van der Waals surface area contributed by atoms with Crippen molar-refractivity contribution in [1.29, 1.82) is 0 Å². The quantitative estimate of drug-likeness (QED) is 0.388. The number of aliphatic imine (C=N–C) groups is 1. The summed E-state index contributed by atoms with van der Waals surface area (Å²) in [6.45, 7) is 13.0. The highest BCUT2D eigenvalue weighted by molar-refractivity contribution is 14.0. The summed E-state index contributed by atoms with van der Waals surface area (Å²) < 4.78 is 18.8. The van der Waals surface area contributed by atoms with Crippen molar-refractivity contribution in [1.82, 2.24) is 15.5 Å². The van der Waals surface area contributed by atoms with Gasteiger partial charge >= 0.3 is 0 Å². The number of hydrogen-bond donors (Lipinski definition) is 2. The molecule has 1 aliphatic rings. The molecule has 1 atom stereocenters. The lowest BCUT2D eigenvalue weighted by molar-refractivity contribution is 0.0179. The predicted octanol–water partition coefficient (Wildman–Crippen LogP) is 3.17. The van der Waals surface area contributed by atoms with Gasteiger partial charge in [-0.25, -0.2) is 4.39 Å². The monoisotopic (exact) mass is 478 g/mol. The number of benzene rings is 1. The SMILES string of the molecule is CCNC(=NCC(c1ccc(F)cc1)N1CCOCC1)NC(C)(C)C.I. The van der Waals surface area contributed by atoms with E-state index in [4.69, 9.17) is 9.73 Å². The molecule has 26 heavy (non-hydrogen) atoms. The van der Waals surface area contributed by atoms with Crippen molar-refractivity contribution >= 4 is 29.9 Å². The van der Waals surface area contributed by atoms with Crippen LogP contribution in [-0.2, 0) is 4.74 Å². The molecule has 0 radical (unpaired) electrons. The van der Waals surface area contributed by atoms with Gasteiger partial charge in [-0.05, 0) is 45.4 Å². The topological polar surface area (TPSA) is 48.9 Å². The molecule has 0 saturated carbocycles. The van der Waals surface area contributed by atoms with Gasteiger partial charge in [0.25, 0.3) is 0 Å². The average Bonchev–Trinajstić information content (AvgIpc) is 2.56. The zero-order chi connectivity index (χ0) is 18.3. The Labute approximate surface area is 173 Å². The van der Waals surface area contributed by atoms with Crippen LogP contribution in [0.5, 0.6) is 0 Å². The van der Waals surface area contributed by atoms with Gasteiger partial charge in [-0.15, -0.1) is 24.0 Å². The van der Waals surface area contributed by atoms with E-state index in [-0.39, 0.29) is 41.4 Å². The van der Waals surface area contributed by atoms with Crippen LogP contribution >= 0.6 is 24.0 Å². The first-order chi connectivity index (χ1) is 11.9. The van der Waals surface area contributed by atoms with E-state index in [1.807, 2.05) is 12.1 Å². The normalized spacial score (nSPS) is 17.3. The summed E-state index contributed by atoms with van der Waals surface area (Å²) in [7, 11) is 0. The molecule has 0 aromatic heterocycles. The summed E-state index contributed by atoms with van der Waals surface area (Å²) in [6.07, 6.45) is 0. The summed E-state index contributed by atoms with van der Waals surface area (Å²) in [5.74, 6) is 0.589. The van der Waals surface area contributed by atoms with Gasteiger partial charge in [-0.3, -0.25) is 9.89 Å². The molecule has 1 aliphatic heterocycles. The van der Waals surface area contributed by atoms with Crippen molar-refractivity contribution in [2.45, 2.75) is 39.3 Å². The highest BCUT2D eigenvalue weighted by atomic mass is 127. The number of morpholine rings is 1. The molecule has 0 aliphatic carbocycles. The van der Waals surface area contributed by atoms with Crippen molar-refractivity contribution < 1.29 is 9.13 Å². The van der Waals surface area contributed by atoms with E-state index >= 15 is 0 Å². The van der Waals surface area contributed by atoms with Gasteiger partial charge in [-0.1, -0.05) is 12.1 Å². The fraction of sp³-hybridized carbons (Fsp3) is 0.632. The van der Waals surface area contributed by atoms with Crippen LogP contribution in [0.4, 0.5) is 4.39 Å². The van der Waals surface area contributed by atoms with Gasteiger partial charge in [0.15, 0.2) is 5.96 Å². The lowest BCUT2D eigenvalue weighted by Crippen LogP contribution is -2.48. The fourth-order valence-electron chi connectivity index (χ4n) is 2.85. The smallest absolute Gasteiger partial charge is 0.191 e. The van der Waals surface area contributed by atoms with E-state index in [0.717, 1.165) is 44.4 Å². The number of guanidine groups is 1. The van der Waals surface area contributed by atoms with Crippen molar-refractivity contribution in [3.8, 4) is 0 Å². The molecule has 0 bridgehead atoms. The minimum atomic E-state index is -0.212. The van der Waals surface area contributed by atoms with Gasteiger partial charge < -0.3 is 15.4 Å². The summed E-state index contributed by atoms with van der Waals surface area (Å²) in [4.78, 5) is 7.15. The minimum Gasteiger partial charge on any atom is -0.379 e. The standard InChI is InChI=1S/C19H31FN4O.HI/c1-5-21-18(23-19(2,3)4)22-14-17(24-10-12-25-13-11-24)15-6-8-16(20)9-7-15;/h6-9,17H,5,10-14H2,1-4H3,(H2,21,22,23);1H. The van der Waals surface area contributed by atoms with Crippen LogP contribution in [0, 0.1) is 5.82 Å². The lowest BCUT2D eigenvalue weighted by Gasteiger charge is -2.34. The maximum absolute atomic E-state index is 13.3. The molecule has 1 unspecified atom stereocenters. The summed E-state index contributed by atoms with van der Waals surface area (Å²) >= 11 is 0. The molecular formula is C19H32FIN4O. The van der Waals surface area contributed by atoms with E-state index < -0.39 is 0 Å². The summed E-state index contributed by atoms with van der Waals surface area (Å²) in [6, 6.07) is 6.86. The van der Waals surface area contributed by atoms with E-state index in [9.17, 15) is 4.39 Å². The Bertz CT molecular complexity index is 554. The van der Waals surface area contributed by atoms with Crippen molar-refractivity contribution in [2.24, 2.45) is 4.99 Å². The number of rotatable bonds is 5. The zero-order valence-corrected chi connectivity index (χ0v) is 18.5. The first-order valence-corrected chi connectivity index (χ1v) is 9.03. The van der Waals surface area contributed by atoms with Gasteiger partial charge in [0.2, 0.25) is 0 Å². The molecule has 1 fully saturated rings. The van der Waals surface area contributed by atoms with E-state index in [0.29, 0.717) is 6.54 Å². The number of nitrogens with zero attached hydrogens (tertiary/aromatic N) is 2. The molecule has 2 rings (SSSR count). The highest BCUT2D eigenvalue weighted by Crippen LogP contribution is 2.22. The second kappa shape index (κ2) is 11.0. The third-order valence-corrected chi connectivity index (χ3v) is 4.00. The summed E-state index contributed by atoms with van der Waals surface area (Å²) in [5, 5.41) is 6.71. The first-order valence-electron chi connectivity index (χ1n) is 9.03. The maximum Gasteiger partial charge on any atom is 0.191 e. The van der Waals surface area contributed by atoms with Crippen LogP contribution in [0.1, 0.15) is 39.3 Å². The molecule has 7 heteroatoms. The Balaban J connectivity index is 0.00000338. The van der Waals surface area contributed by atoms with Crippen molar-refractivity contribution in [3.63, 3.8) is 0 Å². The number of halogens is 2. The third-order valence-electron chi connectivity index (χ3n) is 4.00. The fourth-order valence-corrected chi connectivity index (χ4v) is 2.85. The van der Waals surface area contributed by atoms with Crippen molar-refractivity contribution in [2.75, 3.05) is 39.4 Å². The molecule has 1 aromatic rings. The van der Waals surface area contributed by atoms with Gasteiger partial charge in [0.05, 0.1) is 25.8 Å². The molecule has 1 aromatic carbocycles. The molecule has 1 saturated heterocycles. The Morgan fingerprint density at radius 1 is 1.23 bits per heavy atom. The van der Waals surface area contributed by atoms with Crippen LogP contribution in [-0.4, -0.2) is 55.8 Å². The Kier molecular flexibility index (Phi) is 9.81. The zero-order valence-electron chi connectivity index (χ0n) is 16.2. The van der Waals surface area contributed by atoms with Crippen LogP contribution < -0.4 is 10.6 Å². The number of nitrogens with one attached hydrogen (secondary N) is 2. The highest BCUT2D eigenvalue weighted by Gasteiger charge is 2.23. The van der Waals surface area contributed by atoms with Crippen LogP contribution in [0.2, 0.25) is 0 Å². The molecule has 148 valence electrons. The summed E-state index contributed by atoms with van der Waals surface area (Å²) in [5.41, 5.74) is 1.02. The molecule has 5 nitrogen and oxygen atoms in total. The van der Waals surface area contributed by atoms with Gasteiger partial charge in [0, 0.05) is 25.2 Å². The second-order valence-electron chi connectivity index (χ2n) is 7.31. The average molecular weight is 478 g/mol. The molecular weight excluding hydrogens is 446 g/mol. The molecule has 0 amide bonds. The van der Waals surface area contributed by atoms with Crippen LogP contribution in [0.15, 0.2) is 29.3 Å². The molecule has 0 spiro atoms. The minimum absolute atomic E-state index is 0. The third kappa shape index (κ3) is 7.75. The van der Waals surface area contributed by atoms with Crippen molar-refractivity contribution in [3.05, 3.63) is 35.6 Å². The second-order valence-corrected chi connectivity index (χ2v) is 7.31. The largest absolute Gasteiger partial charge is 0.379 e. The number of hydrogen-bond acceptors (Lipinski definition) is 3. The molecule has 1 heterocycles. The Hall–Kier alpha value is -0.930. The Morgan fingerprint density at radius 3 is 2.38 bits per heavy atom. The molecule has 2 N–H and O–H groups in total. The van der Waals surface area contributed by atoms with Gasteiger partial charge in [0.1, 0.15) is 5.82 Å². The first kappa shape index (κ1) is 23.1. The van der Waals surface area contributed by atoms with Crippen LogP contribution in [0.3, 0.4) is 0 Å².